The van der Waals surface area contributed by atoms with Gasteiger partial charge in [0.15, 0.2) is 0 Å². The van der Waals surface area contributed by atoms with Crippen molar-refractivity contribution in [1.29, 1.82) is 0 Å². The molecular formula is C21H21ClN2O2. The normalized spacial score (nSPS) is 14.7. The molecule has 0 fully saturated rings. The van der Waals surface area contributed by atoms with Crippen molar-refractivity contribution < 1.29 is 9.59 Å². The second-order valence-corrected chi connectivity index (χ2v) is 6.78. The maximum atomic E-state index is 13.1. The van der Waals surface area contributed by atoms with Gasteiger partial charge in [0.2, 0.25) is 11.8 Å². The van der Waals surface area contributed by atoms with E-state index < -0.39 is 0 Å². The Hall–Kier alpha value is -2.59. The zero-order valence-electron chi connectivity index (χ0n) is 14.5. The minimum absolute atomic E-state index is 0.0662. The maximum Gasteiger partial charge on any atom is 0.243 e. The van der Waals surface area contributed by atoms with Crippen molar-refractivity contribution in [2.24, 2.45) is 0 Å². The van der Waals surface area contributed by atoms with Crippen LogP contribution in [0.1, 0.15) is 22.6 Å². The van der Waals surface area contributed by atoms with Gasteiger partial charge in [0, 0.05) is 24.7 Å². The van der Waals surface area contributed by atoms with Crippen LogP contribution in [0, 0.1) is 0 Å². The summed E-state index contributed by atoms with van der Waals surface area (Å²) in [6.07, 6.45) is 1.96. The largest absolute Gasteiger partial charge is 0.351 e. The number of carbonyl (C=O) groups is 2. The summed E-state index contributed by atoms with van der Waals surface area (Å²) in [6, 6.07) is 15.6. The highest BCUT2D eigenvalue weighted by atomic mass is 35.5. The van der Waals surface area contributed by atoms with Crippen LogP contribution in [0.4, 0.5) is 0 Å². The zero-order valence-corrected chi connectivity index (χ0v) is 15.2. The summed E-state index contributed by atoms with van der Waals surface area (Å²) < 4.78 is 0. The van der Waals surface area contributed by atoms with Crippen LogP contribution in [-0.2, 0) is 22.6 Å². The molecule has 2 amide bonds. The summed E-state index contributed by atoms with van der Waals surface area (Å²) in [5.74, 6) is -0.336. The van der Waals surface area contributed by atoms with E-state index >= 15 is 0 Å². The number of fused-ring (bicyclic) bond motifs is 1. The fourth-order valence-electron chi connectivity index (χ4n) is 3.17. The van der Waals surface area contributed by atoms with E-state index in [0.29, 0.717) is 24.7 Å². The van der Waals surface area contributed by atoms with Gasteiger partial charge in [-0.15, -0.1) is 0 Å². The average molecular weight is 369 g/mol. The van der Waals surface area contributed by atoms with E-state index in [9.17, 15) is 9.59 Å². The van der Waals surface area contributed by atoms with E-state index in [1.165, 1.54) is 11.6 Å². The van der Waals surface area contributed by atoms with Crippen molar-refractivity contribution in [3.63, 3.8) is 0 Å². The van der Waals surface area contributed by atoms with Gasteiger partial charge in [-0.2, -0.15) is 0 Å². The number of rotatable bonds is 7. The molecule has 0 aliphatic heterocycles. The summed E-state index contributed by atoms with van der Waals surface area (Å²) in [7, 11) is 0. The Kier molecular flexibility index (Phi) is 5.74. The Balaban J connectivity index is 1.72. The van der Waals surface area contributed by atoms with Crippen LogP contribution in [0.5, 0.6) is 0 Å². The number of hydrogen-bond donors (Lipinski definition) is 1. The number of nitrogens with zero attached hydrogens (tertiary/aromatic N) is 1. The number of hydrogen-bond acceptors (Lipinski definition) is 2. The van der Waals surface area contributed by atoms with E-state index in [2.05, 4.69) is 11.9 Å². The summed E-state index contributed by atoms with van der Waals surface area (Å²) in [4.78, 5) is 26.3. The minimum Gasteiger partial charge on any atom is -0.351 e. The highest BCUT2D eigenvalue weighted by Gasteiger charge is 2.35. The minimum atomic E-state index is -0.238. The van der Waals surface area contributed by atoms with Gasteiger partial charge >= 0.3 is 0 Å². The van der Waals surface area contributed by atoms with Gasteiger partial charge in [0.1, 0.15) is 0 Å². The zero-order chi connectivity index (χ0) is 18.5. The average Bonchev–Trinajstić information content (AvgIpc) is 2.64. The van der Waals surface area contributed by atoms with Crippen molar-refractivity contribution in [2.45, 2.75) is 18.9 Å². The molecule has 26 heavy (non-hydrogen) atoms. The van der Waals surface area contributed by atoms with Crippen molar-refractivity contribution >= 4 is 23.4 Å². The van der Waals surface area contributed by atoms with Gasteiger partial charge in [0.05, 0.1) is 5.92 Å². The lowest BCUT2D eigenvalue weighted by atomic mass is 9.76. The predicted octanol–water partition coefficient (Wildman–Crippen LogP) is 3.31. The first-order valence-electron chi connectivity index (χ1n) is 8.60. The fraction of sp³-hybridized carbons (Fsp3) is 0.238. The summed E-state index contributed by atoms with van der Waals surface area (Å²) in [6.45, 7) is 4.78. The van der Waals surface area contributed by atoms with Gasteiger partial charge in [0.25, 0.3) is 0 Å². The Bertz CT molecular complexity index is 820. The van der Waals surface area contributed by atoms with Gasteiger partial charge in [-0.05, 0) is 41.3 Å². The molecule has 1 N–H and O–H groups in total. The molecule has 0 saturated heterocycles. The van der Waals surface area contributed by atoms with Crippen LogP contribution in [0.2, 0.25) is 5.02 Å². The lowest BCUT2D eigenvalue weighted by Gasteiger charge is -2.34. The molecule has 0 heterocycles. The van der Waals surface area contributed by atoms with Gasteiger partial charge in [-0.3, -0.25) is 9.59 Å². The maximum absolute atomic E-state index is 13.1. The highest BCUT2D eigenvalue weighted by Crippen LogP contribution is 2.38. The van der Waals surface area contributed by atoms with E-state index in [1.807, 2.05) is 48.5 Å². The van der Waals surface area contributed by atoms with Crippen molar-refractivity contribution in [3.05, 3.63) is 82.9 Å². The quantitative estimate of drug-likeness (QED) is 0.762. The topological polar surface area (TPSA) is 49.4 Å². The van der Waals surface area contributed by atoms with Crippen LogP contribution in [0.3, 0.4) is 0 Å². The summed E-state index contributed by atoms with van der Waals surface area (Å²) in [5.41, 5.74) is 3.24. The molecule has 0 saturated carbocycles. The first-order valence-corrected chi connectivity index (χ1v) is 8.97. The molecule has 5 heteroatoms. The lowest BCUT2D eigenvalue weighted by molar-refractivity contribution is -0.134. The van der Waals surface area contributed by atoms with E-state index in [-0.39, 0.29) is 17.7 Å². The first kappa shape index (κ1) is 18.2. The van der Waals surface area contributed by atoms with Crippen LogP contribution >= 0.6 is 11.6 Å². The SMILES string of the molecule is C=CC(=O)NCCN(Cc1ccccc1)C(=O)C1Cc2ccc(Cl)cc21. The molecule has 0 spiro atoms. The van der Waals surface area contributed by atoms with Crippen LogP contribution in [-0.4, -0.2) is 29.8 Å². The van der Waals surface area contributed by atoms with Gasteiger partial charge in [-0.1, -0.05) is 54.6 Å². The summed E-state index contributed by atoms with van der Waals surface area (Å²) in [5, 5.41) is 3.38. The molecule has 2 aromatic rings. The molecular weight excluding hydrogens is 348 g/mol. The molecule has 0 radical (unpaired) electrons. The van der Waals surface area contributed by atoms with Crippen LogP contribution in [0.25, 0.3) is 0 Å². The number of benzene rings is 2. The van der Waals surface area contributed by atoms with Crippen molar-refractivity contribution in [3.8, 4) is 0 Å². The van der Waals surface area contributed by atoms with E-state index in [0.717, 1.165) is 17.5 Å². The third kappa shape index (κ3) is 4.14. The second kappa shape index (κ2) is 8.19. The lowest BCUT2D eigenvalue weighted by Crippen LogP contribution is -2.42. The number of nitrogens with one attached hydrogen (secondary N) is 1. The standard InChI is InChI=1S/C21H21ClN2O2/c1-2-20(25)23-10-11-24(14-15-6-4-3-5-7-15)21(26)19-12-16-8-9-17(22)13-18(16)19/h2-9,13,19H,1,10-12,14H2,(H,23,25). The smallest absolute Gasteiger partial charge is 0.243 e. The second-order valence-electron chi connectivity index (χ2n) is 6.34. The molecule has 134 valence electrons. The molecule has 0 aromatic heterocycles. The molecule has 1 aliphatic rings. The third-order valence-electron chi connectivity index (χ3n) is 4.60. The Morgan fingerprint density at radius 3 is 2.73 bits per heavy atom. The predicted molar refractivity (Wildman–Crippen MR) is 103 cm³/mol. The molecule has 0 bridgehead atoms. The number of amides is 2. The summed E-state index contributed by atoms with van der Waals surface area (Å²) >= 11 is 6.08. The monoisotopic (exact) mass is 368 g/mol. The van der Waals surface area contributed by atoms with E-state index in [4.69, 9.17) is 11.6 Å². The van der Waals surface area contributed by atoms with Gasteiger partial charge in [-0.25, -0.2) is 0 Å². The molecule has 3 rings (SSSR count). The van der Waals surface area contributed by atoms with Gasteiger partial charge < -0.3 is 10.2 Å². The molecule has 1 aliphatic carbocycles. The van der Waals surface area contributed by atoms with Crippen LogP contribution < -0.4 is 5.32 Å². The molecule has 2 aromatic carbocycles. The third-order valence-corrected chi connectivity index (χ3v) is 4.83. The van der Waals surface area contributed by atoms with E-state index in [1.54, 1.807) is 4.90 Å². The Labute approximate surface area is 158 Å². The van der Waals surface area contributed by atoms with Crippen LogP contribution in [0.15, 0.2) is 61.2 Å². The van der Waals surface area contributed by atoms with Crippen molar-refractivity contribution in [1.82, 2.24) is 10.2 Å². The first-order chi connectivity index (χ1) is 12.6. The molecule has 4 nitrogen and oxygen atoms in total. The Morgan fingerprint density at radius 2 is 2.00 bits per heavy atom. The highest BCUT2D eigenvalue weighted by molar-refractivity contribution is 6.30. The Morgan fingerprint density at radius 1 is 1.23 bits per heavy atom. The number of carbonyl (C=O) groups excluding carboxylic acids is 2. The molecule has 1 atom stereocenters. The molecule has 1 unspecified atom stereocenters. The fourth-order valence-corrected chi connectivity index (χ4v) is 3.35. The van der Waals surface area contributed by atoms with Crippen molar-refractivity contribution in [2.75, 3.05) is 13.1 Å². The number of halogens is 1.